The Morgan fingerprint density at radius 2 is 1.79 bits per heavy atom. The minimum absolute atomic E-state index is 0.0194. The van der Waals surface area contributed by atoms with Gasteiger partial charge in [0, 0.05) is 12.2 Å². The first-order chi connectivity index (χ1) is 11.4. The molecule has 0 aliphatic carbocycles. The van der Waals surface area contributed by atoms with Crippen LogP contribution >= 0.6 is 0 Å². The SMILES string of the molecule is CCNC(=O)C[NH+](CC)[C@H](C)C(=O)Nc1ccccc1[C@H](C)CC. The minimum atomic E-state index is -0.289. The predicted octanol–water partition coefficient (Wildman–Crippen LogP) is 1.57. The van der Waals surface area contributed by atoms with Crippen molar-refractivity contribution in [3.63, 3.8) is 0 Å². The molecule has 0 aliphatic rings. The van der Waals surface area contributed by atoms with Crippen molar-refractivity contribution >= 4 is 17.5 Å². The van der Waals surface area contributed by atoms with Crippen LogP contribution in [-0.2, 0) is 9.59 Å². The Morgan fingerprint density at radius 1 is 1.12 bits per heavy atom. The Bertz CT molecular complexity index is 545. The average Bonchev–Trinajstić information content (AvgIpc) is 2.59. The molecule has 1 rings (SSSR count). The zero-order chi connectivity index (χ0) is 18.1. The van der Waals surface area contributed by atoms with Crippen LogP contribution in [0.4, 0.5) is 5.69 Å². The number of likely N-dealkylation sites (N-methyl/N-ethyl adjacent to an activating group) is 2. The summed E-state index contributed by atoms with van der Waals surface area (Å²) in [7, 11) is 0. The van der Waals surface area contributed by atoms with Crippen LogP contribution in [0.1, 0.15) is 52.5 Å². The number of carbonyl (C=O) groups excluding carboxylic acids is 2. The number of hydrogen-bond acceptors (Lipinski definition) is 2. The smallest absolute Gasteiger partial charge is 0.282 e. The van der Waals surface area contributed by atoms with E-state index < -0.39 is 0 Å². The van der Waals surface area contributed by atoms with E-state index in [0.717, 1.165) is 29.1 Å². The molecule has 134 valence electrons. The highest BCUT2D eigenvalue weighted by Gasteiger charge is 2.26. The van der Waals surface area contributed by atoms with E-state index in [-0.39, 0.29) is 17.9 Å². The molecule has 0 saturated carbocycles. The van der Waals surface area contributed by atoms with Gasteiger partial charge in [0.05, 0.1) is 6.54 Å². The number of hydrogen-bond donors (Lipinski definition) is 3. The highest BCUT2D eigenvalue weighted by molar-refractivity contribution is 5.94. The van der Waals surface area contributed by atoms with E-state index in [2.05, 4.69) is 30.5 Å². The summed E-state index contributed by atoms with van der Waals surface area (Å²) < 4.78 is 0. The Hall–Kier alpha value is -1.88. The fourth-order valence-electron chi connectivity index (χ4n) is 2.74. The van der Waals surface area contributed by atoms with E-state index >= 15 is 0 Å². The second kappa shape index (κ2) is 10.1. The molecule has 1 aromatic carbocycles. The van der Waals surface area contributed by atoms with Crippen LogP contribution in [-0.4, -0.2) is 37.5 Å². The molecular weight excluding hydrogens is 302 g/mol. The van der Waals surface area contributed by atoms with Gasteiger partial charge in [-0.1, -0.05) is 32.0 Å². The van der Waals surface area contributed by atoms with Crippen molar-refractivity contribution in [1.29, 1.82) is 0 Å². The summed E-state index contributed by atoms with van der Waals surface area (Å²) in [5.41, 5.74) is 2.03. The third-order valence-corrected chi connectivity index (χ3v) is 4.58. The normalized spacial score (nSPS) is 14.5. The summed E-state index contributed by atoms with van der Waals surface area (Å²) in [5.74, 6) is 0.322. The van der Waals surface area contributed by atoms with Gasteiger partial charge in [0.2, 0.25) is 0 Å². The zero-order valence-electron chi connectivity index (χ0n) is 15.6. The Morgan fingerprint density at radius 3 is 2.38 bits per heavy atom. The standard InChI is InChI=1S/C19H31N3O2/c1-6-14(4)16-11-9-10-12-17(16)21-19(24)15(5)22(8-3)13-18(23)20-7-2/h9-12,14-15H,6-8,13H2,1-5H3,(H,20,23)(H,21,24)/p+1/t14-,15-/m1/s1. The van der Waals surface area contributed by atoms with Crippen LogP contribution in [0.15, 0.2) is 24.3 Å². The molecule has 1 unspecified atom stereocenters. The quantitative estimate of drug-likeness (QED) is 0.642. The first-order valence-corrected chi connectivity index (χ1v) is 8.95. The highest BCUT2D eigenvalue weighted by atomic mass is 16.2. The van der Waals surface area contributed by atoms with Crippen LogP contribution in [0, 0.1) is 0 Å². The van der Waals surface area contributed by atoms with Crippen molar-refractivity contribution in [2.75, 3.05) is 25.0 Å². The number of anilines is 1. The highest BCUT2D eigenvalue weighted by Crippen LogP contribution is 2.26. The molecule has 0 fully saturated rings. The molecule has 5 nitrogen and oxygen atoms in total. The third kappa shape index (κ3) is 5.64. The zero-order valence-corrected chi connectivity index (χ0v) is 15.6. The summed E-state index contributed by atoms with van der Waals surface area (Å²) >= 11 is 0. The average molecular weight is 334 g/mol. The molecule has 0 radical (unpaired) electrons. The van der Waals surface area contributed by atoms with Crippen LogP contribution in [0.2, 0.25) is 0 Å². The molecule has 5 heteroatoms. The van der Waals surface area contributed by atoms with Crippen molar-refractivity contribution in [2.24, 2.45) is 0 Å². The first kappa shape index (κ1) is 20.2. The Balaban J connectivity index is 2.81. The maximum atomic E-state index is 12.7. The van der Waals surface area contributed by atoms with E-state index in [1.807, 2.05) is 39.0 Å². The number of nitrogens with one attached hydrogen (secondary N) is 3. The number of rotatable bonds is 9. The molecule has 0 aliphatic heterocycles. The number of quaternary nitrogens is 1. The van der Waals surface area contributed by atoms with Crippen molar-refractivity contribution in [3.05, 3.63) is 29.8 Å². The number of amides is 2. The number of benzene rings is 1. The molecular formula is C19H32N3O2+. The first-order valence-electron chi connectivity index (χ1n) is 8.95. The van der Waals surface area contributed by atoms with Gasteiger partial charge in [-0.3, -0.25) is 9.59 Å². The maximum absolute atomic E-state index is 12.7. The third-order valence-electron chi connectivity index (χ3n) is 4.58. The summed E-state index contributed by atoms with van der Waals surface area (Å²) in [5, 5.41) is 5.85. The number of para-hydroxylation sites is 1. The van der Waals surface area contributed by atoms with Gasteiger partial charge in [0.1, 0.15) is 0 Å². The predicted molar refractivity (Wildman–Crippen MR) is 98.3 cm³/mol. The summed E-state index contributed by atoms with van der Waals surface area (Å²) in [6.45, 7) is 11.7. The van der Waals surface area contributed by atoms with Crippen LogP contribution < -0.4 is 15.5 Å². The molecule has 0 heterocycles. The second-order valence-electron chi connectivity index (χ2n) is 6.25. The van der Waals surface area contributed by atoms with E-state index in [9.17, 15) is 9.59 Å². The monoisotopic (exact) mass is 334 g/mol. The summed E-state index contributed by atoms with van der Waals surface area (Å²) in [6.07, 6.45) is 1.02. The fraction of sp³-hybridized carbons (Fsp3) is 0.579. The van der Waals surface area contributed by atoms with Crippen LogP contribution in [0.5, 0.6) is 0 Å². The van der Waals surface area contributed by atoms with Gasteiger partial charge in [0.25, 0.3) is 11.8 Å². The lowest BCUT2D eigenvalue weighted by molar-refractivity contribution is -0.904. The van der Waals surface area contributed by atoms with Gasteiger partial charge < -0.3 is 15.5 Å². The topological polar surface area (TPSA) is 62.6 Å². The molecule has 0 saturated heterocycles. The van der Waals surface area contributed by atoms with Crippen molar-refractivity contribution in [2.45, 2.75) is 53.0 Å². The lowest BCUT2D eigenvalue weighted by Crippen LogP contribution is -3.17. The van der Waals surface area contributed by atoms with Gasteiger partial charge in [-0.15, -0.1) is 0 Å². The van der Waals surface area contributed by atoms with Crippen LogP contribution in [0.25, 0.3) is 0 Å². The lowest BCUT2D eigenvalue weighted by Gasteiger charge is -2.24. The molecule has 0 bridgehead atoms. The molecule has 3 atom stereocenters. The molecule has 1 aromatic rings. The van der Waals surface area contributed by atoms with E-state index in [4.69, 9.17) is 0 Å². The lowest BCUT2D eigenvalue weighted by atomic mass is 9.97. The van der Waals surface area contributed by atoms with Gasteiger partial charge in [-0.25, -0.2) is 0 Å². The largest absolute Gasteiger partial charge is 0.351 e. The molecule has 0 aromatic heterocycles. The minimum Gasteiger partial charge on any atom is -0.351 e. The van der Waals surface area contributed by atoms with Gasteiger partial charge >= 0.3 is 0 Å². The van der Waals surface area contributed by atoms with Gasteiger partial charge in [-0.2, -0.15) is 0 Å². The Kier molecular flexibility index (Phi) is 8.47. The van der Waals surface area contributed by atoms with Crippen molar-refractivity contribution < 1.29 is 14.5 Å². The molecule has 0 spiro atoms. The van der Waals surface area contributed by atoms with E-state index in [0.29, 0.717) is 19.0 Å². The van der Waals surface area contributed by atoms with Crippen LogP contribution in [0.3, 0.4) is 0 Å². The van der Waals surface area contributed by atoms with Gasteiger partial charge in [0.15, 0.2) is 12.6 Å². The van der Waals surface area contributed by atoms with Gasteiger partial charge in [-0.05, 0) is 44.7 Å². The maximum Gasteiger partial charge on any atom is 0.282 e. The second-order valence-corrected chi connectivity index (χ2v) is 6.25. The van der Waals surface area contributed by atoms with E-state index in [1.54, 1.807) is 0 Å². The molecule has 24 heavy (non-hydrogen) atoms. The molecule has 3 N–H and O–H groups in total. The molecule has 2 amide bonds. The summed E-state index contributed by atoms with van der Waals surface area (Å²) in [6, 6.07) is 7.65. The fourth-order valence-corrected chi connectivity index (χ4v) is 2.74. The van der Waals surface area contributed by atoms with Crippen molar-refractivity contribution in [1.82, 2.24) is 5.32 Å². The number of carbonyl (C=O) groups is 2. The van der Waals surface area contributed by atoms with Crippen molar-refractivity contribution in [3.8, 4) is 0 Å². The Labute approximate surface area is 145 Å². The van der Waals surface area contributed by atoms with E-state index in [1.165, 1.54) is 0 Å². The summed E-state index contributed by atoms with van der Waals surface area (Å²) in [4.78, 5) is 25.4.